The van der Waals surface area contributed by atoms with Gasteiger partial charge in [-0.15, -0.1) is 5.10 Å². The Balaban J connectivity index is 2.11. The van der Waals surface area contributed by atoms with E-state index in [0.717, 1.165) is 10.0 Å². The fraction of sp³-hybridized carbons (Fsp3) is 0. The first-order chi connectivity index (χ1) is 8.66. The lowest BCUT2D eigenvalue weighted by molar-refractivity contribution is 0.308. The molecule has 0 atom stereocenters. The maximum Gasteiger partial charge on any atom is 0.199 e. The topological polar surface area (TPSA) is 116 Å². The van der Waals surface area contributed by atoms with Crippen molar-refractivity contribution in [2.45, 2.75) is 0 Å². The Morgan fingerprint density at radius 2 is 2.00 bits per heavy atom. The molecule has 0 aliphatic carbocycles. The molecule has 0 spiro atoms. The van der Waals surface area contributed by atoms with Gasteiger partial charge in [0, 0.05) is 4.47 Å². The molecule has 2 rings (SSSR count). The number of hydrogen-bond acceptors (Lipinski definition) is 6. The van der Waals surface area contributed by atoms with E-state index < -0.39 is 0 Å². The maximum atomic E-state index is 5.61. The van der Waals surface area contributed by atoms with E-state index in [1.807, 2.05) is 24.3 Å². The highest BCUT2D eigenvalue weighted by Gasteiger charge is 2.09. The molecule has 4 N–H and O–H groups in total. The Kier molecular flexibility index (Phi) is 3.68. The molecule has 0 unspecified atom stereocenters. The van der Waals surface area contributed by atoms with Crippen LogP contribution in [0.4, 0.5) is 5.82 Å². The standard InChI is InChI=1S/C10H9BrN6O/c11-7-3-1-6(2-4-7)5-14-15-9(12)8-10(13)17-18-16-8/h1-5H,(H2,12,15)(H2,13,17). The van der Waals surface area contributed by atoms with Crippen LogP contribution in [0.1, 0.15) is 11.3 Å². The Morgan fingerprint density at radius 1 is 1.28 bits per heavy atom. The fourth-order valence-corrected chi connectivity index (χ4v) is 1.39. The van der Waals surface area contributed by atoms with E-state index in [0.29, 0.717) is 0 Å². The third-order valence-electron chi connectivity index (χ3n) is 2.00. The molecule has 7 nitrogen and oxygen atoms in total. The van der Waals surface area contributed by atoms with Crippen LogP contribution in [0, 0.1) is 0 Å². The van der Waals surface area contributed by atoms with Crippen molar-refractivity contribution in [1.82, 2.24) is 10.3 Å². The van der Waals surface area contributed by atoms with Crippen molar-refractivity contribution in [3.8, 4) is 0 Å². The number of nitrogens with two attached hydrogens (primary N) is 2. The molecule has 1 aromatic heterocycles. The highest BCUT2D eigenvalue weighted by atomic mass is 79.9. The second-order valence-electron chi connectivity index (χ2n) is 3.28. The first-order valence-corrected chi connectivity index (χ1v) is 5.66. The van der Waals surface area contributed by atoms with Gasteiger partial charge in [0.25, 0.3) is 0 Å². The zero-order chi connectivity index (χ0) is 13.0. The summed E-state index contributed by atoms with van der Waals surface area (Å²) in [5.74, 6) is 0.122. The van der Waals surface area contributed by atoms with Crippen molar-refractivity contribution >= 4 is 33.8 Å². The number of halogens is 1. The van der Waals surface area contributed by atoms with E-state index in [4.69, 9.17) is 11.5 Å². The van der Waals surface area contributed by atoms with Gasteiger partial charge in [-0.05, 0) is 28.0 Å². The quantitative estimate of drug-likeness (QED) is 0.501. The second kappa shape index (κ2) is 5.41. The molecule has 1 heterocycles. The summed E-state index contributed by atoms with van der Waals surface area (Å²) in [6.07, 6.45) is 1.56. The maximum absolute atomic E-state index is 5.61. The average molecular weight is 309 g/mol. The summed E-state index contributed by atoms with van der Waals surface area (Å²) in [6.45, 7) is 0. The van der Waals surface area contributed by atoms with Gasteiger partial charge in [0.15, 0.2) is 17.3 Å². The summed E-state index contributed by atoms with van der Waals surface area (Å²) >= 11 is 3.34. The summed E-state index contributed by atoms with van der Waals surface area (Å²) in [7, 11) is 0. The van der Waals surface area contributed by atoms with Gasteiger partial charge in [-0.2, -0.15) is 5.10 Å². The highest BCUT2D eigenvalue weighted by molar-refractivity contribution is 9.10. The Morgan fingerprint density at radius 3 is 2.61 bits per heavy atom. The van der Waals surface area contributed by atoms with Crippen molar-refractivity contribution < 1.29 is 4.63 Å². The van der Waals surface area contributed by atoms with Gasteiger partial charge in [0.05, 0.1) is 6.21 Å². The molecule has 0 saturated carbocycles. The van der Waals surface area contributed by atoms with Crippen molar-refractivity contribution in [3.05, 3.63) is 40.0 Å². The van der Waals surface area contributed by atoms with E-state index in [-0.39, 0.29) is 17.3 Å². The lowest BCUT2D eigenvalue weighted by Crippen LogP contribution is -2.15. The first kappa shape index (κ1) is 12.2. The van der Waals surface area contributed by atoms with Crippen LogP contribution >= 0.6 is 15.9 Å². The molecule has 0 fully saturated rings. The average Bonchev–Trinajstić information content (AvgIpc) is 2.78. The molecule has 92 valence electrons. The van der Waals surface area contributed by atoms with Crippen LogP contribution in [0.2, 0.25) is 0 Å². The van der Waals surface area contributed by atoms with Crippen molar-refractivity contribution in [2.24, 2.45) is 15.9 Å². The molecule has 0 radical (unpaired) electrons. The SMILES string of the molecule is NC(=NN=Cc1ccc(Br)cc1)c1nonc1N. The minimum absolute atomic E-state index is 0.0436. The van der Waals surface area contributed by atoms with E-state index >= 15 is 0 Å². The highest BCUT2D eigenvalue weighted by Crippen LogP contribution is 2.09. The molecule has 0 amide bonds. The minimum atomic E-state index is 0.0436. The molecule has 1 aromatic carbocycles. The van der Waals surface area contributed by atoms with Gasteiger partial charge in [-0.1, -0.05) is 28.1 Å². The van der Waals surface area contributed by atoms with Gasteiger partial charge < -0.3 is 11.5 Å². The predicted molar refractivity (Wildman–Crippen MR) is 71.2 cm³/mol. The van der Waals surface area contributed by atoms with Gasteiger partial charge >= 0.3 is 0 Å². The molecule has 8 heteroatoms. The van der Waals surface area contributed by atoms with Crippen molar-refractivity contribution in [3.63, 3.8) is 0 Å². The zero-order valence-corrected chi connectivity index (χ0v) is 10.7. The molecule has 0 aliphatic heterocycles. The molecular formula is C10H9BrN6O. The van der Waals surface area contributed by atoms with Gasteiger partial charge in [0.2, 0.25) is 0 Å². The molecule has 0 aliphatic rings. The largest absolute Gasteiger partial charge is 0.380 e. The number of benzene rings is 1. The van der Waals surface area contributed by atoms with Crippen molar-refractivity contribution in [2.75, 3.05) is 5.73 Å². The summed E-state index contributed by atoms with van der Waals surface area (Å²) < 4.78 is 5.39. The van der Waals surface area contributed by atoms with Gasteiger partial charge in [-0.25, -0.2) is 4.63 Å². The minimum Gasteiger partial charge on any atom is -0.380 e. The lowest BCUT2D eigenvalue weighted by atomic mass is 10.2. The smallest absolute Gasteiger partial charge is 0.199 e. The number of aromatic nitrogens is 2. The van der Waals surface area contributed by atoms with Crippen LogP contribution in [0.3, 0.4) is 0 Å². The molecule has 2 aromatic rings. The number of nitrogens with zero attached hydrogens (tertiary/aromatic N) is 4. The van der Waals surface area contributed by atoms with Crippen LogP contribution in [0.15, 0.2) is 43.6 Å². The summed E-state index contributed by atoms with van der Waals surface area (Å²) in [4.78, 5) is 0. The summed E-state index contributed by atoms with van der Waals surface area (Å²) in [6, 6.07) is 7.55. The van der Waals surface area contributed by atoms with E-state index in [1.165, 1.54) is 0 Å². The number of hydrogen-bond donors (Lipinski definition) is 2. The first-order valence-electron chi connectivity index (χ1n) is 4.87. The molecule has 0 saturated heterocycles. The number of amidine groups is 1. The fourth-order valence-electron chi connectivity index (χ4n) is 1.13. The third-order valence-corrected chi connectivity index (χ3v) is 2.53. The third kappa shape index (κ3) is 2.92. The van der Waals surface area contributed by atoms with Crippen LogP contribution in [-0.2, 0) is 0 Å². The van der Waals surface area contributed by atoms with Crippen LogP contribution in [0.5, 0.6) is 0 Å². The number of rotatable bonds is 3. The van der Waals surface area contributed by atoms with Crippen molar-refractivity contribution in [1.29, 1.82) is 0 Å². The second-order valence-corrected chi connectivity index (χ2v) is 4.20. The molecule has 18 heavy (non-hydrogen) atoms. The van der Waals surface area contributed by atoms with Gasteiger partial charge in [-0.3, -0.25) is 0 Å². The van der Waals surface area contributed by atoms with E-state index in [9.17, 15) is 0 Å². The number of anilines is 1. The lowest BCUT2D eigenvalue weighted by Gasteiger charge is -1.92. The van der Waals surface area contributed by atoms with Gasteiger partial charge in [0.1, 0.15) is 0 Å². The number of nitrogen functional groups attached to an aromatic ring is 1. The summed E-state index contributed by atoms with van der Waals surface area (Å²) in [5.41, 5.74) is 12.1. The Bertz CT molecular complexity index is 589. The van der Waals surface area contributed by atoms with E-state index in [2.05, 4.69) is 41.1 Å². The Labute approximate surface area is 111 Å². The van der Waals surface area contributed by atoms with E-state index in [1.54, 1.807) is 6.21 Å². The monoisotopic (exact) mass is 308 g/mol. The summed E-state index contributed by atoms with van der Waals surface area (Å²) in [5, 5.41) is 14.5. The zero-order valence-electron chi connectivity index (χ0n) is 9.12. The van der Waals surface area contributed by atoms with Crippen LogP contribution in [0.25, 0.3) is 0 Å². The van der Waals surface area contributed by atoms with Crippen LogP contribution in [-0.4, -0.2) is 22.4 Å². The molecule has 0 bridgehead atoms. The van der Waals surface area contributed by atoms with Crippen LogP contribution < -0.4 is 11.5 Å². The predicted octanol–water partition coefficient (Wildman–Crippen LogP) is 1.15. The molecular weight excluding hydrogens is 300 g/mol. The Hall–Kier alpha value is -2.22. The normalized spacial score (nSPS) is 12.2.